The zero-order chi connectivity index (χ0) is 19.5. The fourth-order valence-electron chi connectivity index (χ4n) is 3.30. The number of aromatic nitrogens is 6. The number of nitrogens with one attached hydrogen (secondary N) is 1. The molecule has 1 saturated heterocycles. The van der Waals surface area contributed by atoms with E-state index in [-0.39, 0.29) is 18.6 Å². The number of likely N-dealkylation sites (tertiary alicyclic amines) is 1. The van der Waals surface area contributed by atoms with Crippen LogP contribution in [0.2, 0.25) is 0 Å². The average Bonchev–Trinajstić information content (AvgIpc) is 3.38. The van der Waals surface area contributed by atoms with E-state index in [4.69, 9.17) is 9.05 Å². The van der Waals surface area contributed by atoms with Crippen molar-refractivity contribution in [3.05, 3.63) is 29.9 Å². The van der Waals surface area contributed by atoms with Gasteiger partial charge in [0, 0.05) is 19.8 Å². The minimum Gasteiger partial charge on any atom is -0.337 e. The molecule has 2 amide bonds. The Bertz CT molecular complexity index is 946. The molecule has 1 unspecified atom stereocenters. The SMILES string of the molecule is Cc1noc(CNC(=O)N2CCCCCC2c2noc(-c3cnn(C)c3)n2)n1. The lowest BCUT2D eigenvalue weighted by molar-refractivity contribution is 0.169. The zero-order valence-electron chi connectivity index (χ0n) is 15.8. The number of hydrogen-bond acceptors (Lipinski definition) is 8. The summed E-state index contributed by atoms with van der Waals surface area (Å²) in [4.78, 5) is 23.2. The van der Waals surface area contributed by atoms with Gasteiger partial charge in [0.25, 0.3) is 5.89 Å². The van der Waals surface area contributed by atoms with E-state index in [1.165, 1.54) is 0 Å². The van der Waals surface area contributed by atoms with Crippen molar-refractivity contribution in [1.82, 2.24) is 40.3 Å². The lowest BCUT2D eigenvalue weighted by Crippen LogP contribution is -2.42. The molecule has 1 fully saturated rings. The van der Waals surface area contributed by atoms with Gasteiger partial charge in [0.05, 0.1) is 24.3 Å². The third kappa shape index (κ3) is 3.87. The summed E-state index contributed by atoms with van der Waals surface area (Å²) in [5.74, 6) is 1.81. The van der Waals surface area contributed by atoms with Gasteiger partial charge < -0.3 is 19.3 Å². The normalized spacial score (nSPS) is 17.5. The molecule has 4 rings (SSSR count). The zero-order valence-corrected chi connectivity index (χ0v) is 15.8. The summed E-state index contributed by atoms with van der Waals surface area (Å²) in [6.45, 7) is 2.53. The van der Waals surface area contributed by atoms with Gasteiger partial charge in [-0.05, 0) is 19.8 Å². The van der Waals surface area contributed by atoms with Crippen LogP contribution < -0.4 is 5.32 Å². The Morgan fingerprint density at radius 2 is 2.14 bits per heavy atom. The maximum absolute atomic E-state index is 12.8. The molecule has 11 heteroatoms. The molecule has 148 valence electrons. The first-order valence-corrected chi connectivity index (χ1v) is 9.26. The van der Waals surface area contributed by atoms with Crippen LogP contribution >= 0.6 is 0 Å². The number of carbonyl (C=O) groups excluding carboxylic acids is 1. The highest BCUT2D eigenvalue weighted by Gasteiger charge is 2.31. The summed E-state index contributed by atoms with van der Waals surface area (Å²) in [7, 11) is 1.82. The lowest BCUT2D eigenvalue weighted by Gasteiger charge is -2.27. The minimum absolute atomic E-state index is 0.177. The van der Waals surface area contributed by atoms with Gasteiger partial charge in [-0.1, -0.05) is 23.2 Å². The van der Waals surface area contributed by atoms with Gasteiger partial charge in [0.15, 0.2) is 11.6 Å². The first-order valence-electron chi connectivity index (χ1n) is 9.26. The fourth-order valence-corrected chi connectivity index (χ4v) is 3.30. The molecule has 11 nitrogen and oxygen atoms in total. The van der Waals surface area contributed by atoms with Crippen molar-refractivity contribution < 1.29 is 13.8 Å². The van der Waals surface area contributed by atoms with Crippen LogP contribution in [0.3, 0.4) is 0 Å². The van der Waals surface area contributed by atoms with Crippen LogP contribution in [0.1, 0.15) is 49.3 Å². The molecule has 0 bridgehead atoms. The largest absolute Gasteiger partial charge is 0.337 e. The van der Waals surface area contributed by atoms with Crippen LogP contribution in [0.5, 0.6) is 0 Å². The molecule has 0 spiro atoms. The fraction of sp³-hybridized carbons (Fsp3) is 0.529. The first-order chi connectivity index (χ1) is 13.6. The van der Waals surface area contributed by atoms with Gasteiger partial charge in [0.1, 0.15) is 0 Å². The van der Waals surface area contributed by atoms with E-state index in [0.717, 1.165) is 31.2 Å². The molecule has 4 heterocycles. The predicted molar refractivity (Wildman–Crippen MR) is 95.7 cm³/mol. The minimum atomic E-state index is -0.249. The topological polar surface area (TPSA) is 128 Å². The van der Waals surface area contributed by atoms with Crippen molar-refractivity contribution in [2.24, 2.45) is 7.05 Å². The Morgan fingerprint density at radius 1 is 1.25 bits per heavy atom. The van der Waals surface area contributed by atoms with Crippen LogP contribution in [0.25, 0.3) is 11.5 Å². The number of carbonyl (C=O) groups is 1. The molecule has 3 aromatic heterocycles. The summed E-state index contributed by atoms with van der Waals surface area (Å²) in [6.07, 6.45) is 7.23. The Balaban J connectivity index is 1.50. The van der Waals surface area contributed by atoms with Crippen LogP contribution in [-0.4, -0.2) is 47.5 Å². The van der Waals surface area contributed by atoms with Crippen LogP contribution in [-0.2, 0) is 13.6 Å². The van der Waals surface area contributed by atoms with Crippen LogP contribution in [0, 0.1) is 6.92 Å². The van der Waals surface area contributed by atoms with Crippen molar-refractivity contribution in [3.8, 4) is 11.5 Å². The summed E-state index contributed by atoms with van der Waals surface area (Å²) in [5, 5.41) is 14.8. The third-order valence-electron chi connectivity index (χ3n) is 4.67. The highest BCUT2D eigenvalue weighted by molar-refractivity contribution is 5.74. The Labute approximate surface area is 161 Å². The number of urea groups is 1. The van der Waals surface area contributed by atoms with Crippen LogP contribution in [0.15, 0.2) is 21.4 Å². The third-order valence-corrected chi connectivity index (χ3v) is 4.67. The molecule has 28 heavy (non-hydrogen) atoms. The van der Waals surface area contributed by atoms with Gasteiger partial charge in [0.2, 0.25) is 5.89 Å². The molecule has 0 aromatic carbocycles. The highest BCUT2D eigenvalue weighted by Crippen LogP contribution is 2.30. The van der Waals surface area contributed by atoms with Crippen molar-refractivity contribution in [3.63, 3.8) is 0 Å². The van der Waals surface area contributed by atoms with Gasteiger partial charge in [-0.2, -0.15) is 15.1 Å². The van der Waals surface area contributed by atoms with Gasteiger partial charge in [-0.3, -0.25) is 4.68 Å². The molecule has 1 N–H and O–H groups in total. The molecule has 1 aliphatic rings. The van der Waals surface area contributed by atoms with Crippen molar-refractivity contribution in [2.45, 2.75) is 45.2 Å². The Morgan fingerprint density at radius 3 is 2.89 bits per heavy atom. The molecule has 1 atom stereocenters. The number of aryl methyl sites for hydroxylation is 2. The second kappa shape index (κ2) is 7.79. The summed E-state index contributed by atoms with van der Waals surface area (Å²) >= 11 is 0. The van der Waals surface area contributed by atoms with E-state index in [9.17, 15) is 4.79 Å². The lowest BCUT2D eigenvalue weighted by atomic mass is 10.1. The maximum Gasteiger partial charge on any atom is 0.318 e. The maximum atomic E-state index is 12.8. The number of nitrogens with zero attached hydrogens (tertiary/aromatic N) is 7. The summed E-state index contributed by atoms with van der Waals surface area (Å²) in [6, 6.07) is -0.462. The van der Waals surface area contributed by atoms with E-state index in [1.54, 1.807) is 28.9 Å². The molecule has 1 aliphatic heterocycles. The van der Waals surface area contributed by atoms with E-state index >= 15 is 0 Å². The standard InChI is InChI=1S/C17H22N8O3/c1-11-20-14(27-22-11)9-18-17(26)25-7-5-3-4-6-13(25)15-21-16(28-23-15)12-8-19-24(2)10-12/h8,10,13H,3-7,9H2,1-2H3,(H,18,26). The van der Waals surface area contributed by atoms with Gasteiger partial charge >= 0.3 is 6.03 Å². The Hall–Kier alpha value is -3.24. The number of rotatable bonds is 4. The molecule has 0 aliphatic carbocycles. The quantitative estimate of drug-likeness (QED) is 0.721. The van der Waals surface area contributed by atoms with E-state index in [0.29, 0.717) is 30.0 Å². The van der Waals surface area contributed by atoms with Crippen molar-refractivity contribution >= 4 is 6.03 Å². The molecule has 0 radical (unpaired) electrons. The summed E-state index contributed by atoms with van der Waals surface area (Å²) < 4.78 is 12.1. The predicted octanol–water partition coefficient (Wildman–Crippen LogP) is 1.99. The van der Waals surface area contributed by atoms with Gasteiger partial charge in [-0.15, -0.1) is 0 Å². The number of amides is 2. The Kier molecular flexibility index (Phi) is 5.04. The highest BCUT2D eigenvalue weighted by atomic mass is 16.5. The number of hydrogen-bond donors (Lipinski definition) is 1. The second-order valence-corrected chi connectivity index (χ2v) is 6.81. The van der Waals surface area contributed by atoms with Crippen molar-refractivity contribution in [1.29, 1.82) is 0 Å². The molecule has 3 aromatic rings. The smallest absolute Gasteiger partial charge is 0.318 e. The van der Waals surface area contributed by atoms with Crippen LogP contribution in [0.4, 0.5) is 4.79 Å². The average molecular weight is 386 g/mol. The van der Waals surface area contributed by atoms with Gasteiger partial charge in [-0.25, -0.2) is 4.79 Å². The van der Waals surface area contributed by atoms with E-state index in [2.05, 4.69) is 30.7 Å². The molecular weight excluding hydrogens is 364 g/mol. The first kappa shape index (κ1) is 18.1. The molecular formula is C17H22N8O3. The van der Waals surface area contributed by atoms with Crippen molar-refractivity contribution in [2.75, 3.05) is 6.54 Å². The van der Waals surface area contributed by atoms with E-state index < -0.39 is 0 Å². The second-order valence-electron chi connectivity index (χ2n) is 6.81. The van der Waals surface area contributed by atoms with E-state index in [1.807, 2.05) is 7.05 Å². The monoisotopic (exact) mass is 386 g/mol. The molecule has 0 saturated carbocycles. The summed E-state index contributed by atoms with van der Waals surface area (Å²) in [5.41, 5.74) is 0.748.